The van der Waals surface area contributed by atoms with Gasteiger partial charge in [0.15, 0.2) is 0 Å². The predicted molar refractivity (Wildman–Crippen MR) is 240 cm³/mol. The highest BCUT2D eigenvalue weighted by molar-refractivity contribution is 7.25. The fourth-order valence-electron chi connectivity index (χ4n) is 9.76. The van der Waals surface area contributed by atoms with Crippen molar-refractivity contribution >= 4 is 81.3 Å². The summed E-state index contributed by atoms with van der Waals surface area (Å²) in [6, 6.07) is 60.3. The molecule has 0 amide bonds. The zero-order valence-electron chi connectivity index (χ0n) is 32.1. The lowest BCUT2D eigenvalue weighted by molar-refractivity contribution is 0.403. The molecular formula is C53H41NOS. The third-order valence-electron chi connectivity index (χ3n) is 12.2. The first-order valence-corrected chi connectivity index (χ1v) is 20.4. The number of thiophene rings is 1. The average Bonchev–Trinajstić information content (AvgIpc) is 3.83. The normalized spacial score (nSPS) is 14.6. The minimum atomic E-state index is 0.114. The molecule has 0 unspecified atom stereocenters. The molecule has 3 heteroatoms. The Balaban J connectivity index is 1.06. The first-order chi connectivity index (χ1) is 27.2. The van der Waals surface area contributed by atoms with Crippen LogP contribution in [-0.4, -0.2) is 0 Å². The molecule has 1 aliphatic carbocycles. The zero-order chi connectivity index (χ0) is 37.8. The number of benzene rings is 8. The third-order valence-corrected chi connectivity index (χ3v) is 13.4. The molecule has 0 N–H and O–H groups in total. The van der Waals surface area contributed by atoms with Crippen molar-refractivity contribution in [2.45, 2.75) is 44.9 Å². The minimum Gasteiger partial charge on any atom is -0.456 e. The van der Waals surface area contributed by atoms with Gasteiger partial charge < -0.3 is 9.32 Å². The number of fused-ring (bicyclic) bond motifs is 8. The Morgan fingerprint density at radius 2 is 1.07 bits per heavy atom. The second-order valence-corrected chi connectivity index (χ2v) is 18.0. The summed E-state index contributed by atoms with van der Waals surface area (Å²) in [5, 5.41) is 7.42. The first kappa shape index (κ1) is 33.2. The molecule has 0 saturated carbocycles. The van der Waals surface area contributed by atoms with E-state index in [0.717, 1.165) is 45.8 Å². The summed E-state index contributed by atoms with van der Waals surface area (Å²) < 4.78 is 9.39. The molecule has 0 bridgehead atoms. The molecule has 0 spiro atoms. The lowest BCUT2D eigenvalue weighted by Gasteiger charge is -2.28. The van der Waals surface area contributed by atoms with Gasteiger partial charge in [0, 0.05) is 47.9 Å². The van der Waals surface area contributed by atoms with Gasteiger partial charge in [0.1, 0.15) is 11.2 Å². The van der Waals surface area contributed by atoms with E-state index < -0.39 is 0 Å². The van der Waals surface area contributed by atoms with Crippen LogP contribution in [0.25, 0.3) is 75.1 Å². The highest BCUT2D eigenvalue weighted by Gasteiger charge is 2.42. The van der Waals surface area contributed by atoms with E-state index in [4.69, 9.17) is 4.42 Å². The molecule has 8 aromatic carbocycles. The highest BCUT2D eigenvalue weighted by Crippen LogP contribution is 2.52. The highest BCUT2D eigenvalue weighted by atomic mass is 32.1. The van der Waals surface area contributed by atoms with E-state index in [-0.39, 0.29) is 10.8 Å². The Hall–Kier alpha value is -6.16. The molecule has 10 aromatic rings. The molecule has 0 fully saturated rings. The molecule has 11 rings (SSSR count). The maximum absolute atomic E-state index is 6.74. The van der Waals surface area contributed by atoms with Crippen LogP contribution < -0.4 is 4.90 Å². The Bertz CT molecular complexity index is 3160. The molecule has 0 saturated heterocycles. The molecule has 0 radical (unpaired) electrons. The largest absolute Gasteiger partial charge is 0.456 e. The van der Waals surface area contributed by atoms with Crippen LogP contribution in [-0.2, 0) is 10.8 Å². The van der Waals surface area contributed by atoms with Crippen LogP contribution in [0.5, 0.6) is 0 Å². The molecular weight excluding hydrogens is 699 g/mol. The van der Waals surface area contributed by atoms with Crippen molar-refractivity contribution in [1.82, 2.24) is 0 Å². The van der Waals surface area contributed by atoms with Gasteiger partial charge in [-0.2, -0.15) is 0 Å². The fraction of sp³-hybridized carbons (Fsp3) is 0.132. The molecule has 56 heavy (non-hydrogen) atoms. The molecule has 2 nitrogen and oxygen atoms in total. The van der Waals surface area contributed by atoms with E-state index in [2.05, 4.69) is 196 Å². The first-order valence-electron chi connectivity index (χ1n) is 19.6. The standard InChI is InChI=1S/C53H41NOS/c1-52(2)32-53(3,4)46-31-49-44(30-45(46)52)40-24-21-37(28-48(40)55-49)43-26-34-12-8-9-13-35(34)27-47(43)54(38-14-6-5-7-15-38)39-22-18-33(19-23-39)36-20-25-42-41-16-10-11-17-50(41)56-51(42)29-36/h5-31H,32H2,1-4H3. The third kappa shape index (κ3) is 5.22. The van der Waals surface area contributed by atoms with Gasteiger partial charge in [0.05, 0.1) is 5.69 Å². The zero-order valence-corrected chi connectivity index (χ0v) is 32.9. The van der Waals surface area contributed by atoms with E-state index in [0.29, 0.717) is 0 Å². The van der Waals surface area contributed by atoms with Crippen molar-refractivity contribution in [3.8, 4) is 22.3 Å². The number of anilines is 3. The molecule has 0 aliphatic heterocycles. The summed E-state index contributed by atoms with van der Waals surface area (Å²) in [7, 11) is 0. The van der Waals surface area contributed by atoms with Crippen LogP contribution in [0.4, 0.5) is 17.1 Å². The van der Waals surface area contributed by atoms with Gasteiger partial charge in [-0.25, -0.2) is 0 Å². The van der Waals surface area contributed by atoms with Gasteiger partial charge >= 0.3 is 0 Å². The van der Waals surface area contributed by atoms with E-state index in [9.17, 15) is 0 Å². The molecule has 1 aliphatic rings. The van der Waals surface area contributed by atoms with Crippen molar-refractivity contribution in [2.24, 2.45) is 0 Å². The van der Waals surface area contributed by atoms with Crippen LogP contribution in [0.3, 0.4) is 0 Å². The fourth-order valence-corrected chi connectivity index (χ4v) is 10.9. The van der Waals surface area contributed by atoms with Gasteiger partial charge in [-0.15, -0.1) is 11.3 Å². The molecule has 2 aromatic heterocycles. The Morgan fingerprint density at radius 3 is 1.88 bits per heavy atom. The summed E-state index contributed by atoms with van der Waals surface area (Å²) in [5.41, 5.74) is 13.0. The van der Waals surface area contributed by atoms with E-state index in [1.807, 2.05) is 11.3 Å². The van der Waals surface area contributed by atoms with Gasteiger partial charge in [-0.3, -0.25) is 0 Å². The Kier molecular flexibility index (Phi) is 7.21. The van der Waals surface area contributed by atoms with Gasteiger partial charge in [0.2, 0.25) is 0 Å². The van der Waals surface area contributed by atoms with Crippen molar-refractivity contribution in [3.05, 3.63) is 175 Å². The number of nitrogens with zero attached hydrogens (tertiary/aromatic N) is 1. The smallest absolute Gasteiger partial charge is 0.136 e. The number of furan rings is 1. The molecule has 270 valence electrons. The summed E-state index contributed by atoms with van der Waals surface area (Å²) in [5.74, 6) is 0. The second kappa shape index (κ2) is 12.2. The van der Waals surface area contributed by atoms with Crippen LogP contribution in [0.15, 0.2) is 168 Å². The van der Waals surface area contributed by atoms with Gasteiger partial charge in [-0.05, 0) is 129 Å². The Morgan fingerprint density at radius 1 is 0.464 bits per heavy atom. The van der Waals surface area contributed by atoms with Gasteiger partial charge in [-0.1, -0.05) is 119 Å². The topological polar surface area (TPSA) is 16.4 Å². The predicted octanol–water partition coefficient (Wildman–Crippen LogP) is 15.9. The van der Waals surface area contributed by atoms with Crippen LogP contribution in [0.1, 0.15) is 45.2 Å². The number of para-hydroxylation sites is 1. The van der Waals surface area contributed by atoms with Crippen LogP contribution in [0, 0.1) is 0 Å². The van der Waals surface area contributed by atoms with E-state index >= 15 is 0 Å². The van der Waals surface area contributed by atoms with Crippen LogP contribution >= 0.6 is 11.3 Å². The number of hydrogen-bond donors (Lipinski definition) is 0. The summed E-state index contributed by atoms with van der Waals surface area (Å²) in [6.07, 6.45) is 1.14. The maximum atomic E-state index is 6.74. The second-order valence-electron chi connectivity index (χ2n) is 16.9. The average molecular weight is 740 g/mol. The van der Waals surface area contributed by atoms with E-state index in [1.165, 1.54) is 64.0 Å². The molecule has 0 atom stereocenters. The lowest BCUT2D eigenvalue weighted by Crippen LogP contribution is -2.17. The van der Waals surface area contributed by atoms with Crippen molar-refractivity contribution in [2.75, 3.05) is 4.90 Å². The van der Waals surface area contributed by atoms with Crippen LogP contribution in [0.2, 0.25) is 0 Å². The monoisotopic (exact) mass is 739 g/mol. The molecule has 2 heterocycles. The summed E-state index contributed by atoms with van der Waals surface area (Å²) in [6.45, 7) is 9.49. The summed E-state index contributed by atoms with van der Waals surface area (Å²) in [4.78, 5) is 2.40. The number of rotatable bonds is 5. The lowest BCUT2D eigenvalue weighted by atomic mass is 9.82. The van der Waals surface area contributed by atoms with E-state index in [1.54, 1.807) is 0 Å². The number of hydrogen-bond acceptors (Lipinski definition) is 3. The van der Waals surface area contributed by atoms with Crippen molar-refractivity contribution in [1.29, 1.82) is 0 Å². The quantitative estimate of drug-likeness (QED) is 0.175. The Labute approximate surface area is 331 Å². The minimum absolute atomic E-state index is 0.114. The summed E-state index contributed by atoms with van der Waals surface area (Å²) >= 11 is 1.86. The van der Waals surface area contributed by atoms with Crippen molar-refractivity contribution in [3.63, 3.8) is 0 Å². The maximum Gasteiger partial charge on any atom is 0.136 e. The van der Waals surface area contributed by atoms with Crippen molar-refractivity contribution < 1.29 is 4.42 Å². The SMILES string of the molecule is CC1(C)CC(C)(C)c2cc3c(cc21)oc1cc(-c2cc4ccccc4cc2N(c2ccccc2)c2ccc(-c4ccc5c(c4)sc4ccccc45)cc2)ccc13. The van der Waals surface area contributed by atoms with Gasteiger partial charge in [0.25, 0.3) is 0 Å².